The molecular weight excluding hydrogens is 256 g/mol. The Morgan fingerprint density at radius 1 is 1.16 bits per heavy atom. The first-order chi connectivity index (χ1) is 8.73. The number of benzene rings is 1. The third-order valence-electron chi connectivity index (χ3n) is 4.08. The maximum atomic E-state index is 11.1. The fraction of sp³-hybridized carbons (Fsp3) is 0.471. The Bertz CT molecular complexity index is 580. The zero-order chi connectivity index (χ0) is 14.4. The molecule has 1 aromatic rings. The van der Waals surface area contributed by atoms with Gasteiger partial charge < -0.3 is 0 Å². The van der Waals surface area contributed by atoms with E-state index in [9.17, 15) is 4.79 Å². The predicted molar refractivity (Wildman–Crippen MR) is 81.8 cm³/mol. The zero-order valence-electron chi connectivity index (χ0n) is 12.4. The van der Waals surface area contributed by atoms with E-state index in [2.05, 4.69) is 27.7 Å². The average Bonchev–Trinajstić information content (AvgIpc) is 2.62. The van der Waals surface area contributed by atoms with Gasteiger partial charge in [0.1, 0.15) is 0 Å². The lowest BCUT2D eigenvalue weighted by atomic mass is 9.90. The van der Waals surface area contributed by atoms with Gasteiger partial charge in [0.15, 0.2) is 5.78 Å². The number of hydrogen-bond acceptors (Lipinski definition) is 1. The molecule has 0 saturated carbocycles. The summed E-state index contributed by atoms with van der Waals surface area (Å²) in [4.78, 5) is 11.1. The van der Waals surface area contributed by atoms with Crippen LogP contribution in [0.4, 0.5) is 0 Å². The standard InChI is InChI=1S/C17H21ClO/c1-10(19)6-7-13-11(2)12(3)14-8-17(4,5)9-15(14)16(13)18/h6-7H,8-9H2,1-5H3/b7-6+. The highest BCUT2D eigenvalue weighted by Gasteiger charge is 2.32. The summed E-state index contributed by atoms with van der Waals surface area (Å²) in [6, 6.07) is 0. The van der Waals surface area contributed by atoms with Gasteiger partial charge in [0.05, 0.1) is 5.02 Å². The minimum absolute atomic E-state index is 0.0500. The molecule has 0 aromatic heterocycles. The van der Waals surface area contributed by atoms with E-state index < -0.39 is 0 Å². The number of ketones is 1. The van der Waals surface area contributed by atoms with Gasteiger partial charge in [-0.3, -0.25) is 4.79 Å². The van der Waals surface area contributed by atoms with Crippen LogP contribution in [0.1, 0.15) is 48.6 Å². The quantitative estimate of drug-likeness (QED) is 0.717. The number of halogens is 1. The molecule has 1 aromatic carbocycles. The second-order valence-electron chi connectivity index (χ2n) is 6.40. The van der Waals surface area contributed by atoms with Crippen molar-refractivity contribution in [2.45, 2.75) is 47.5 Å². The third-order valence-corrected chi connectivity index (χ3v) is 4.51. The third kappa shape index (κ3) is 2.62. The molecule has 1 aliphatic carbocycles. The molecule has 0 fully saturated rings. The monoisotopic (exact) mass is 276 g/mol. The Hall–Kier alpha value is -1.08. The van der Waals surface area contributed by atoms with Crippen LogP contribution in [0.15, 0.2) is 6.08 Å². The van der Waals surface area contributed by atoms with E-state index in [1.807, 2.05) is 6.08 Å². The fourth-order valence-electron chi connectivity index (χ4n) is 2.96. The van der Waals surface area contributed by atoms with Gasteiger partial charge in [-0.2, -0.15) is 0 Å². The summed E-state index contributed by atoms with van der Waals surface area (Å²) in [5, 5.41) is 0.834. The molecule has 0 saturated heterocycles. The molecule has 0 heterocycles. The van der Waals surface area contributed by atoms with Crippen LogP contribution in [-0.2, 0) is 17.6 Å². The summed E-state index contributed by atoms with van der Waals surface area (Å²) < 4.78 is 0. The molecule has 0 aliphatic heterocycles. The SMILES string of the molecule is CC(=O)/C=C/c1c(C)c(C)c2c(c1Cl)CC(C)(C)C2. The van der Waals surface area contributed by atoms with Gasteiger partial charge in [0.25, 0.3) is 0 Å². The summed E-state index contributed by atoms with van der Waals surface area (Å²) in [5.41, 5.74) is 6.50. The lowest BCUT2D eigenvalue weighted by Gasteiger charge is -2.15. The Morgan fingerprint density at radius 3 is 2.32 bits per heavy atom. The molecule has 0 N–H and O–H groups in total. The van der Waals surface area contributed by atoms with Crippen molar-refractivity contribution in [3.63, 3.8) is 0 Å². The number of carbonyl (C=O) groups excluding carboxylic acids is 1. The minimum atomic E-state index is 0.0500. The van der Waals surface area contributed by atoms with E-state index >= 15 is 0 Å². The van der Waals surface area contributed by atoms with Gasteiger partial charge >= 0.3 is 0 Å². The molecule has 102 valence electrons. The summed E-state index contributed by atoms with van der Waals surface area (Å²) in [5.74, 6) is 0.0500. The van der Waals surface area contributed by atoms with Gasteiger partial charge in [0.2, 0.25) is 0 Å². The van der Waals surface area contributed by atoms with Crippen LogP contribution < -0.4 is 0 Å². The fourth-order valence-corrected chi connectivity index (χ4v) is 3.34. The van der Waals surface area contributed by atoms with Crippen LogP contribution >= 0.6 is 11.6 Å². The zero-order valence-corrected chi connectivity index (χ0v) is 13.1. The van der Waals surface area contributed by atoms with Crippen LogP contribution in [0.3, 0.4) is 0 Å². The van der Waals surface area contributed by atoms with Crippen molar-refractivity contribution in [2.75, 3.05) is 0 Å². The Balaban J connectivity index is 2.61. The second kappa shape index (κ2) is 4.79. The maximum absolute atomic E-state index is 11.1. The smallest absolute Gasteiger partial charge is 0.152 e. The highest BCUT2D eigenvalue weighted by atomic mass is 35.5. The van der Waals surface area contributed by atoms with Gasteiger partial charge in [-0.25, -0.2) is 0 Å². The van der Waals surface area contributed by atoms with E-state index in [1.165, 1.54) is 22.3 Å². The molecule has 2 heteroatoms. The topological polar surface area (TPSA) is 17.1 Å². The van der Waals surface area contributed by atoms with Crippen molar-refractivity contribution < 1.29 is 4.79 Å². The lowest BCUT2D eigenvalue weighted by molar-refractivity contribution is -0.112. The van der Waals surface area contributed by atoms with E-state index in [0.717, 1.165) is 23.4 Å². The number of allylic oxidation sites excluding steroid dienone is 1. The summed E-state index contributed by atoms with van der Waals surface area (Å²) >= 11 is 6.58. The van der Waals surface area contributed by atoms with Crippen molar-refractivity contribution in [1.29, 1.82) is 0 Å². The van der Waals surface area contributed by atoms with Gasteiger partial charge in [-0.1, -0.05) is 25.4 Å². The van der Waals surface area contributed by atoms with Crippen LogP contribution in [0.25, 0.3) is 6.08 Å². The number of carbonyl (C=O) groups is 1. The van der Waals surface area contributed by atoms with E-state index in [4.69, 9.17) is 11.6 Å². The first kappa shape index (κ1) is 14.3. The van der Waals surface area contributed by atoms with Gasteiger partial charge in [0, 0.05) is 0 Å². The van der Waals surface area contributed by atoms with Gasteiger partial charge in [-0.05, 0) is 79.0 Å². The second-order valence-corrected chi connectivity index (χ2v) is 6.77. The van der Waals surface area contributed by atoms with E-state index in [0.29, 0.717) is 0 Å². The van der Waals surface area contributed by atoms with E-state index in [-0.39, 0.29) is 11.2 Å². The Kier molecular flexibility index (Phi) is 3.61. The summed E-state index contributed by atoms with van der Waals surface area (Å²) in [6.45, 7) is 10.4. The van der Waals surface area contributed by atoms with Crippen LogP contribution in [0, 0.1) is 19.3 Å². The van der Waals surface area contributed by atoms with Crippen molar-refractivity contribution in [3.05, 3.63) is 38.9 Å². The molecule has 0 radical (unpaired) electrons. The van der Waals surface area contributed by atoms with E-state index in [1.54, 1.807) is 13.0 Å². The molecule has 0 unspecified atom stereocenters. The maximum Gasteiger partial charge on any atom is 0.152 e. The highest BCUT2D eigenvalue weighted by Crippen LogP contribution is 2.44. The lowest BCUT2D eigenvalue weighted by Crippen LogP contribution is -2.09. The number of fused-ring (bicyclic) bond motifs is 1. The van der Waals surface area contributed by atoms with Crippen molar-refractivity contribution in [3.8, 4) is 0 Å². The molecular formula is C17H21ClO. The molecule has 0 bridgehead atoms. The first-order valence-corrected chi connectivity index (χ1v) is 7.10. The van der Waals surface area contributed by atoms with Crippen molar-refractivity contribution in [2.24, 2.45) is 5.41 Å². The number of hydrogen-bond donors (Lipinski definition) is 0. The molecule has 0 atom stereocenters. The van der Waals surface area contributed by atoms with Crippen molar-refractivity contribution in [1.82, 2.24) is 0 Å². The Labute approximate surface area is 120 Å². The van der Waals surface area contributed by atoms with Crippen LogP contribution in [0.2, 0.25) is 5.02 Å². The van der Waals surface area contributed by atoms with Crippen LogP contribution in [0.5, 0.6) is 0 Å². The largest absolute Gasteiger partial charge is 0.295 e. The molecule has 19 heavy (non-hydrogen) atoms. The Morgan fingerprint density at radius 2 is 1.74 bits per heavy atom. The molecule has 0 amide bonds. The molecule has 1 nitrogen and oxygen atoms in total. The van der Waals surface area contributed by atoms with Crippen molar-refractivity contribution >= 4 is 23.5 Å². The molecule has 0 spiro atoms. The first-order valence-electron chi connectivity index (χ1n) is 6.72. The predicted octanol–water partition coefficient (Wildman–Crippen LogP) is 4.68. The van der Waals surface area contributed by atoms with Gasteiger partial charge in [-0.15, -0.1) is 0 Å². The average molecular weight is 277 g/mol. The number of rotatable bonds is 2. The highest BCUT2D eigenvalue weighted by molar-refractivity contribution is 6.33. The molecule has 2 rings (SSSR count). The van der Waals surface area contributed by atoms with Crippen LogP contribution in [-0.4, -0.2) is 5.78 Å². The summed E-state index contributed by atoms with van der Waals surface area (Å²) in [6.07, 6.45) is 5.56. The minimum Gasteiger partial charge on any atom is -0.295 e. The summed E-state index contributed by atoms with van der Waals surface area (Å²) in [7, 11) is 0. The normalized spacial score (nSPS) is 16.9. The molecule has 1 aliphatic rings.